The number of carbonyl (C=O) groups is 1. The van der Waals surface area contributed by atoms with E-state index in [4.69, 9.17) is 0 Å². The van der Waals surface area contributed by atoms with Crippen LogP contribution in [-0.4, -0.2) is 21.9 Å². The summed E-state index contributed by atoms with van der Waals surface area (Å²) in [4.78, 5) is 29.5. The second kappa shape index (κ2) is 6.91. The molecule has 1 amide bonds. The highest BCUT2D eigenvalue weighted by Crippen LogP contribution is 2.34. The summed E-state index contributed by atoms with van der Waals surface area (Å²) in [6.45, 7) is 1.03. The lowest BCUT2D eigenvalue weighted by molar-refractivity contribution is -0.132. The molecule has 0 radical (unpaired) electrons. The molecule has 4 nitrogen and oxygen atoms in total. The number of carbonyl (C=O) groups excluding carboxylic acids is 1. The van der Waals surface area contributed by atoms with Gasteiger partial charge in [-0.2, -0.15) is 0 Å². The standard InChI is InChI=1S/C23H20N2O2S/c26-22(24-13-5-11-20(24)21-12-6-14-28-21)15-25-18-9-3-1-7-16(18)23(27)17-8-2-4-10-19(17)25/h1-4,6-10,12,14,20H,5,11,13,15H2/t20-/m1/s1. The third-order valence-electron chi connectivity index (χ3n) is 5.62. The molecule has 5 heteroatoms. The summed E-state index contributed by atoms with van der Waals surface area (Å²) in [5, 5.41) is 3.38. The van der Waals surface area contributed by atoms with E-state index in [1.165, 1.54) is 4.88 Å². The number of para-hydroxylation sites is 2. The number of rotatable bonds is 3. The van der Waals surface area contributed by atoms with Gasteiger partial charge in [0.05, 0.1) is 17.1 Å². The van der Waals surface area contributed by atoms with E-state index in [-0.39, 0.29) is 23.9 Å². The summed E-state index contributed by atoms with van der Waals surface area (Å²) in [7, 11) is 0. The van der Waals surface area contributed by atoms with E-state index in [1.807, 2.05) is 64.1 Å². The van der Waals surface area contributed by atoms with Crippen LogP contribution < -0.4 is 5.43 Å². The molecule has 3 heterocycles. The Morgan fingerprint density at radius 1 is 0.964 bits per heavy atom. The number of fused-ring (bicyclic) bond motifs is 2. The average Bonchev–Trinajstić information content (AvgIpc) is 3.42. The second-order valence-corrected chi connectivity index (χ2v) is 8.19. The molecule has 4 aromatic rings. The van der Waals surface area contributed by atoms with E-state index < -0.39 is 0 Å². The minimum absolute atomic E-state index is 0.0209. The van der Waals surface area contributed by atoms with Crippen molar-refractivity contribution in [2.75, 3.05) is 6.54 Å². The van der Waals surface area contributed by atoms with Crippen LogP contribution in [0.2, 0.25) is 0 Å². The summed E-state index contributed by atoms with van der Waals surface area (Å²) in [6.07, 6.45) is 2.04. The molecular weight excluding hydrogens is 368 g/mol. The molecule has 28 heavy (non-hydrogen) atoms. The molecule has 1 fully saturated rings. The number of nitrogens with zero attached hydrogens (tertiary/aromatic N) is 2. The highest BCUT2D eigenvalue weighted by molar-refractivity contribution is 7.10. The fourth-order valence-electron chi connectivity index (χ4n) is 4.32. The Hall–Kier alpha value is -2.92. The summed E-state index contributed by atoms with van der Waals surface area (Å²) in [6, 6.07) is 19.5. The van der Waals surface area contributed by atoms with Gasteiger partial charge in [0.15, 0.2) is 5.43 Å². The van der Waals surface area contributed by atoms with Crippen LogP contribution in [0.25, 0.3) is 21.8 Å². The van der Waals surface area contributed by atoms with Crippen LogP contribution in [0.5, 0.6) is 0 Å². The van der Waals surface area contributed by atoms with Crippen molar-refractivity contribution < 1.29 is 4.79 Å². The highest BCUT2D eigenvalue weighted by atomic mass is 32.1. The lowest BCUT2D eigenvalue weighted by Gasteiger charge is -2.25. The maximum absolute atomic E-state index is 13.3. The molecule has 140 valence electrons. The number of hydrogen-bond acceptors (Lipinski definition) is 3. The first kappa shape index (κ1) is 17.2. The lowest BCUT2D eigenvalue weighted by Crippen LogP contribution is -2.33. The quantitative estimate of drug-likeness (QED) is 0.482. The Bertz CT molecular complexity index is 1170. The smallest absolute Gasteiger partial charge is 0.243 e. The number of benzene rings is 2. The molecule has 1 atom stereocenters. The second-order valence-electron chi connectivity index (χ2n) is 7.21. The molecule has 5 rings (SSSR count). The summed E-state index contributed by atoms with van der Waals surface area (Å²) in [5.74, 6) is 0.106. The molecule has 0 saturated carbocycles. The molecule has 2 aromatic carbocycles. The summed E-state index contributed by atoms with van der Waals surface area (Å²) >= 11 is 1.71. The van der Waals surface area contributed by atoms with Crippen molar-refractivity contribution >= 4 is 39.0 Å². The van der Waals surface area contributed by atoms with Gasteiger partial charge < -0.3 is 9.47 Å². The minimum atomic E-state index is 0.0209. The third kappa shape index (κ3) is 2.74. The van der Waals surface area contributed by atoms with Crippen molar-refractivity contribution in [3.05, 3.63) is 81.1 Å². The van der Waals surface area contributed by atoms with E-state index in [1.54, 1.807) is 11.3 Å². The van der Waals surface area contributed by atoms with E-state index >= 15 is 0 Å². The van der Waals surface area contributed by atoms with Gasteiger partial charge in [-0.3, -0.25) is 9.59 Å². The number of amides is 1. The molecule has 0 N–H and O–H groups in total. The monoisotopic (exact) mass is 388 g/mol. The predicted octanol–water partition coefficient (Wildman–Crippen LogP) is 4.58. The molecule has 2 aromatic heterocycles. The average molecular weight is 388 g/mol. The molecule has 0 unspecified atom stereocenters. The van der Waals surface area contributed by atoms with Crippen molar-refractivity contribution in [3.8, 4) is 0 Å². The van der Waals surface area contributed by atoms with Gasteiger partial charge in [0, 0.05) is 22.2 Å². The van der Waals surface area contributed by atoms with E-state index in [0.29, 0.717) is 10.8 Å². The largest absolute Gasteiger partial charge is 0.333 e. The van der Waals surface area contributed by atoms with Crippen LogP contribution in [-0.2, 0) is 11.3 Å². The maximum Gasteiger partial charge on any atom is 0.243 e. The third-order valence-corrected chi connectivity index (χ3v) is 6.59. The van der Waals surface area contributed by atoms with E-state index in [2.05, 4.69) is 11.4 Å². The number of hydrogen-bond donors (Lipinski definition) is 0. The molecule has 0 aliphatic carbocycles. The fourth-order valence-corrected chi connectivity index (χ4v) is 5.19. The van der Waals surface area contributed by atoms with Crippen molar-refractivity contribution in [1.82, 2.24) is 9.47 Å². The number of likely N-dealkylation sites (tertiary alicyclic amines) is 1. The normalized spacial score (nSPS) is 16.9. The zero-order valence-corrected chi connectivity index (χ0v) is 16.2. The zero-order valence-electron chi connectivity index (χ0n) is 15.4. The first-order valence-electron chi connectivity index (χ1n) is 9.57. The highest BCUT2D eigenvalue weighted by Gasteiger charge is 2.30. The zero-order chi connectivity index (χ0) is 19.1. The molecule has 0 spiro atoms. The lowest BCUT2D eigenvalue weighted by atomic mass is 10.1. The predicted molar refractivity (Wildman–Crippen MR) is 114 cm³/mol. The first-order chi connectivity index (χ1) is 13.7. The summed E-state index contributed by atoms with van der Waals surface area (Å²) in [5.41, 5.74) is 1.64. The van der Waals surface area contributed by atoms with E-state index in [9.17, 15) is 9.59 Å². The van der Waals surface area contributed by atoms with Gasteiger partial charge in [0.1, 0.15) is 6.54 Å². The van der Waals surface area contributed by atoms with Crippen LogP contribution in [0.3, 0.4) is 0 Å². The summed E-state index contributed by atoms with van der Waals surface area (Å²) < 4.78 is 2.00. The van der Waals surface area contributed by atoms with Gasteiger partial charge in [0.25, 0.3) is 0 Å². The Balaban J connectivity index is 1.60. The van der Waals surface area contributed by atoms with Crippen LogP contribution in [0, 0.1) is 0 Å². The van der Waals surface area contributed by atoms with Gasteiger partial charge in [0.2, 0.25) is 5.91 Å². The van der Waals surface area contributed by atoms with Crippen molar-refractivity contribution in [1.29, 1.82) is 0 Å². The van der Waals surface area contributed by atoms with Crippen molar-refractivity contribution in [2.45, 2.75) is 25.4 Å². The van der Waals surface area contributed by atoms with Crippen LogP contribution in [0.4, 0.5) is 0 Å². The fraction of sp³-hybridized carbons (Fsp3) is 0.217. The van der Waals surface area contributed by atoms with Gasteiger partial charge in [-0.05, 0) is 48.6 Å². The maximum atomic E-state index is 13.3. The first-order valence-corrected chi connectivity index (χ1v) is 10.4. The number of thiophene rings is 1. The van der Waals surface area contributed by atoms with Gasteiger partial charge in [-0.15, -0.1) is 11.3 Å². The molecule has 1 aliphatic rings. The number of aromatic nitrogens is 1. The number of pyridine rings is 1. The molecular formula is C23H20N2O2S. The van der Waals surface area contributed by atoms with E-state index in [0.717, 1.165) is 30.4 Å². The molecule has 1 saturated heterocycles. The Labute approximate surface area is 166 Å². The van der Waals surface area contributed by atoms with Gasteiger partial charge in [-0.25, -0.2) is 0 Å². The van der Waals surface area contributed by atoms with Crippen molar-refractivity contribution in [2.24, 2.45) is 0 Å². The topological polar surface area (TPSA) is 42.3 Å². The minimum Gasteiger partial charge on any atom is -0.333 e. The van der Waals surface area contributed by atoms with Crippen molar-refractivity contribution in [3.63, 3.8) is 0 Å². The van der Waals surface area contributed by atoms with Gasteiger partial charge in [-0.1, -0.05) is 30.3 Å². The SMILES string of the molecule is O=C(Cn1c2ccccc2c(=O)c2ccccc21)N1CCC[C@@H]1c1cccs1. The van der Waals surface area contributed by atoms with Crippen LogP contribution in [0.1, 0.15) is 23.8 Å². The molecule has 1 aliphatic heterocycles. The Morgan fingerprint density at radius 2 is 1.64 bits per heavy atom. The van der Waals surface area contributed by atoms with Crippen LogP contribution in [0.15, 0.2) is 70.8 Å². The van der Waals surface area contributed by atoms with Crippen LogP contribution >= 0.6 is 11.3 Å². The Morgan fingerprint density at radius 3 is 2.29 bits per heavy atom. The molecule has 0 bridgehead atoms. The Kier molecular flexibility index (Phi) is 4.24. The van der Waals surface area contributed by atoms with Gasteiger partial charge >= 0.3 is 0 Å².